The Hall–Kier alpha value is -2.72. The van der Waals surface area contributed by atoms with Gasteiger partial charge in [-0.2, -0.15) is 10.2 Å². The molecule has 2 heterocycles. The monoisotopic (exact) mass is 389 g/mol. The average Bonchev–Trinajstić information content (AvgIpc) is 2.75. The molecule has 7 nitrogen and oxygen atoms in total. The van der Waals surface area contributed by atoms with E-state index in [2.05, 4.69) is 31.7 Å². The smallest absolute Gasteiger partial charge is 0.225 e. The van der Waals surface area contributed by atoms with Gasteiger partial charge in [0.2, 0.25) is 5.95 Å². The second kappa shape index (κ2) is 7.27. The number of anilines is 2. The number of aromatic nitrogens is 3. The van der Waals surface area contributed by atoms with Crippen molar-refractivity contribution in [2.45, 2.75) is 44.7 Å². The van der Waals surface area contributed by atoms with Crippen molar-refractivity contribution in [3.63, 3.8) is 0 Å². The van der Waals surface area contributed by atoms with Gasteiger partial charge in [0.25, 0.3) is 0 Å². The molecule has 29 heavy (non-hydrogen) atoms. The van der Waals surface area contributed by atoms with E-state index in [1.807, 2.05) is 18.2 Å². The van der Waals surface area contributed by atoms with E-state index in [0.717, 1.165) is 18.2 Å². The van der Waals surface area contributed by atoms with Gasteiger partial charge in [-0.15, -0.1) is 0 Å². The minimum absolute atomic E-state index is 0.297. The van der Waals surface area contributed by atoms with Crippen molar-refractivity contribution >= 4 is 11.8 Å². The highest BCUT2D eigenvalue weighted by Gasteiger charge is 2.54. The minimum atomic E-state index is 0.297. The molecule has 0 saturated heterocycles. The summed E-state index contributed by atoms with van der Waals surface area (Å²) in [5.41, 5.74) is 8.18. The molecule has 0 aromatic carbocycles. The van der Waals surface area contributed by atoms with Gasteiger partial charge in [0.05, 0.1) is 18.4 Å². The molecule has 3 unspecified atom stereocenters. The second-order valence-corrected chi connectivity index (χ2v) is 9.14. The Balaban J connectivity index is 1.29. The highest BCUT2D eigenvalue weighted by Crippen LogP contribution is 2.59. The van der Waals surface area contributed by atoms with E-state index in [9.17, 15) is 5.26 Å². The summed E-state index contributed by atoms with van der Waals surface area (Å²) in [6, 6.07) is 8.39. The Bertz CT molecular complexity index is 907. The largest absolute Gasteiger partial charge is 0.368 e. The van der Waals surface area contributed by atoms with Crippen LogP contribution in [0.5, 0.6) is 0 Å². The molecule has 0 spiro atoms. The molecule has 4 N–H and O–H groups in total. The van der Waals surface area contributed by atoms with E-state index in [4.69, 9.17) is 5.73 Å². The third-order valence-corrected chi connectivity index (χ3v) is 7.17. The third kappa shape index (κ3) is 3.53. The first kappa shape index (κ1) is 18.3. The van der Waals surface area contributed by atoms with E-state index < -0.39 is 0 Å². The van der Waals surface area contributed by atoms with Crippen molar-refractivity contribution < 1.29 is 0 Å². The summed E-state index contributed by atoms with van der Waals surface area (Å²) in [6.45, 7) is 1.40. The molecule has 4 aliphatic carbocycles. The number of nitrogens with one attached hydrogen (secondary N) is 2. The highest BCUT2D eigenvalue weighted by atomic mass is 15.1. The molecule has 2 aromatic rings. The molecule has 0 amide bonds. The van der Waals surface area contributed by atoms with Crippen molar-refractivity contribution in [1.82, 2.24) is 15.0 Å². The Morgan fingerprint density at radius 2 is 1.97 bits per heavy atom. The number of pyridine rings is 1. The molecule has 7 heteroatoms. The van der Waals surface area contributed by atoms with Crippen molar-refractivity contribution in [2.24, 2.45) is 28.9 Å². The van der Waals surface area contributed by atoms with E-state index in [-0.39, 0.29) is 0 Å². The molecule has 2 aromatic heterocycles. The Labute approximate surface area is 171 Å². The van der Waals surface area contributed by atoms with Gasteiger partial charge in [-0.05, 0) is 67.4 Å². The maximum Gasteiger partial charge on any atom is 0.225 e. The van der Waals surface area contributed by atoms with Gasteiger partial charge in [0.15, 0.2) is 0 Å². The van der Waals surface area contributed by atoms with Crippen LogP contribution in [-0.4, -0.2) is 27.5 Å². The quantitative estimate of drug-likeness (QED) is 0.696. The summed E-state index contributed by atoms with van der Waals surface area (Å²) in [7, 11) is 0. The van der Waals surface area contributed by atoms with Crippen molar-refractivity contribution in [2.75, 3.05) is 17.2 Å². The van der Waals surface area contributed by atoms with Gasteiger partial charge in [0.1, 0.15) is 17.5 Å². The Morgan fingerprint density at radius 1 is 1.14 bits per heavy atom. The Morgan fingerprint density at radius 3 is 2.69 bits per heavy atom. The topological polar surface area (TPSA) is 113 Å². The summed E-state index contributed by atoms with van der Waals surface area (Å²) in [5, 5.41) is 16.2. The predicted molar refractivity (Wildman–Crippen MR) is 111 cm³/mol. The summed E-state index contributed by atoms with van der Waals surface area (Å²) < 4.78 is 0. The van der Waals surface area contributed by atoms with Crippen LogP contribution in [0.15, 0.2) is 30.6 Å². The lowest BCUT2D eigenvalue weighted by molar-refractivity contribution is -0.0591. The van der Waals surface area contributed by atoms with Crippen LogP contribution in [0.1, 0.15) is 43.4 Å². The first-order valence-corrected chi connectivity index (χ1v) is 10.5. The predicted octanol–water partition coefficient (Wildman–Crippen LogP) is 2.92. The second-order valence-electron chi connectivity index (χ2n) is 9.14. The number of hydrogen-bond donors (Lipinski definition) is 3. The molecule has 4 bridgehead atoms. The van der Waals surface area contributed by atoms with E-state index in [1.165, 1.54) is 32.1 Å². The van der Waals surface area contributed by atoms with Crippen LogP contribution in [0.3, 0.4) is 0 Å². The minimum Gasteiger partial charge on any atom is -0.368 e. The first-order chi connectivity index (χ1) is 14.1. The van der Waals surface area contributed by atoms with E-state index in [1.54, 1.807) is 12.4 Å². The standard InChI is InChI=1S/C22H27N7/c23-10-17-11-26-21(27-12-18-3-1-2-4-25-18)29-20(17)28-13-22-7-14-5-15(8-22)19(24)16(6-14)9-22/h1-4,11,14-16,19H,5-9,12-13,24H2,(H2,26,27,28,29)/t14?,15-,16+,19?,22?. The van der Waals surface area contributed by atoms with Crippen molar-refractivity contribution in [3.05, 3.63) is 41.9 Å². The normalized spacial score (nSPS) is 32.0. The van der Waals surface area contributed by atoms with Crippen LogP contribution < -0.4 is 16.4 Å². The zero-order chi connectivity index (χ0) is 19.8. The van der Waals surface area contributed by atoms with Gasteiger partial charge < -0.3 is 16.4 Å². The summed E-state index contributed by atoms with van der Waals surface area (Å²) in [4.78, 5) is 13.2. The average molecular weight is 390 g/mol. The molecule has 0 aliphatic heterocycles. The lowest BCUT2D eigenvalue weighted by Gasteiger charge is -2.59. The van der Waals surface area contributed by atoms with Crippen LogP contribution in [0.4, 0.5) is 11.8 Å². The lowest BCUT2D eigenvalue weighted by atomic mass is 9.48. The van der Waals surface area contributed by atoms with Crippen LogP contribution in [0.2, 0.25) is 0 Å². The zero-order valence-electron chi connectivity index (χ0n) is 16.5. The van der Waals surface area contributed by atoms with Crippen molar-refractivity contribution in [1.29, 1.82) is 5.26 Å². The van der Waals surface area contributed by atoms with Crippen molar-refractivity contribution in [3.8, 4) is 6.07 Å². The molecule has 0 radical (unpaired) electrons. The maximum absolute atomic E-state index is 9.50. The lowest BCUT2D eigenvalue weighted by Crippen LogP contribution is -2.58. The van der Waals surface area contributed by atoms with E-state index >= 15 is 0 Å². The molecule has 4 aliphatic rings. The fourth-order valence-electron chi connectivity index (χ4n) is 6.08. The first-order valence-electron chi connectivity index (χ1n) is 10.5. The number of nitrogens with zero attached hydrogens (tertiary/aromatic N) is 4. The molecule has 150 valence electrons. The van der Waals surface area contributed by atoms with Crippen LogP contribution in [0.25, 0.3) is 0 Å². The summed E-state index contributed by atoms with van der Waals surface area (Å²) >= 11 is 0. The van der Waals surface area contributed by atoms with Gasteiger partial charge in [-0.1, -0.05) is 6.07 Å². The summed E-state index contributed by atoms with van der Waals surface area (Å²) in [6.07, 6.45) is 9.64. The van der Waals surface area contributed by atoms with Gasteiger partial charge in [0, 0.05) is 18.8 Å². The van der Waals surface area contributed by atoms with Crippen LogP contribution >= 0.6 is 0 Å². The Kier molecular flexibility index (Phi) is 4.59. The third-order valence-electron chi connectivity index (χ3n) is 7.17. The molecule has 4 saturated carbocycles. The molecule has 5 atom stereocenters. The van der Waals surface area contributed by atoms with Crippen LogP contribution in [-0.2, 0) is 6.54 Å². The fourth-order valence-corrected chi connectivity index (χ4v) is 6.08. The molecular formula is C22H27N7. The van der Waals surface area contributed by atoms with Crippen LogP contribution in [0, 0.1) is 34.5 Å². The highest BCUT2D eigenvalue weighted by molar-refractivity contribution is 5.53. The number of rotatable bonds is 6. The molecule has 6 rings (SSSR count). The fraction of sp³-hybridized carbons (Fsp3) is 0.545. The van der Waals surface area contributed by atoms with Gasteiger partial charge in [-0.25, -0.2) is 4.98 Å². The van der Waals surface area contributed by atoms with Gasteiger partial charge in [-0.3, -0.25) is 4.98 Å². The van der Waals surface area contributed by atoms with E-state index in [0.29, 0.717) is 47.2 Å². The van der Waals surface area contributed by atoms with Gasteiger partial charge >= 0.3 is 0 Å². The molecule has 4 fully saturated rings. The number of hydrogen-bond acceptors (Lipinski definition) is 7. The molecular weight excluding hydrogens is 362 g/mol. The number of nitriles is 1. The number of nitrogens with two attached hydrogens (primary N) is 1. The zero-order valence-corrected chi connectivity index (χ0v) is 16.5. The summed E-state index contributed by atoms with van der Waals surface area (Å²) in [5.74, 6) is 3.28. The maximum atomic E-state index is 9.50. The SMILES string of the molecule is N#Cc1cnc(NCc2ccccn2)nc1NCC12CC3C[C@H](C1)C(N)[C@@H](C3)C2.